The van der Waals surface area contributed by atoms with Gasteiger partial charge in [-0.1, -0.05) is 11.6 Å². The average molecular weight is 221 g/mol. The lowest BCUT2D eigenvalue weighted by Crippen LogP contribution is -1.94. The first-order chi connectivity index (χ1) is 6.00. The van der Waals surface area contributed by atoms with E-state index >= 15 is 0 Å². The van der Waals surface area contributed by atoms with E-state index in [1.807, 2.05) is 0 Å². The lowest BCUT2D eigenvalue weighted by atomic mass is 10.1. The van der Waals surface area contributed by atoms with Crippen LogP contribution in [0, 0.1) is 0 Å². The number of halogens is 2. The molecule has 0 aliphatic carbocycles. The van der Waals surface area contributed by atoms with Crippen molar-refractivity contribution in [2.45, 2.75) is 6.42 Å². The molecule has 0 aliphatic rings. The molecular weight excluding hydrogens is 215 g/mol. The molecule has 0 atom stereocenters. The molecular formula is C8H6Cl2O3. The molecule has 3 nitrogen and oxygen atoms in total. The van der Waals surface area contributed by atoms with Gasteiger partial charge in [-0.05, 0) is 23.2 Å². The Hall–Kier alpha value is -0.930. The minimum absolute atomic E-state index is 0.0752. The van der Waals surface area contributed by atoms with Gasteiger partial charge in [0.2, 0.25) is 5.24 Å². The summed E-state index contributed by atoms with van der Waals surface area (Å²) in [6, 6.07) is 2.37. The first-order valence-electron chi connectivity index (χ1n) is 3.39. The van der Waals surface area contributed by atoms with E-state index in [4.69, 9.17) is 33.4 Å². The zero-order chi connectivity index (χ0) is 10.0. The molecule has 0 radical (unpaired) electrons. The summed E-state index contributed by atoms with van der Waals surface area (Å²) in [4.78, 5) is 10.5. The second-order valence-electron chi connectivity index (χ2n) is 2.46. The molecule has 0 unspecified atom stereocenters. The van der Waals surface area contributed by atoms with Gasteiger partial charge in [0.1, 0.15) is 0 Å². The van der Waals surface area contributed by atoms with E-state index in [9.17, 15) is 4.79 Å². The molecule has 0 heterocycles. The van der Waals surface area contributed by atoms with Crippen LogP contribution in [0.4, 0.5) is 0 Å². The Morgan fingerprint density at radius 1 is 1.31 bits per heavy atom. The lowest BCUT2D eigenvalue weighted by Gasteiger charge is -2.03. The summed E-state index contributed by atoms with van der Waals surface area (Å²) >= 11 is 10.8. The number of rotatable bonds is 2. The summed E-state index contributed by atoms with van der Waals surface area (Å²) in [5.74, 6) is -0.645. The Balaban J connectivity index is 3.08. The van der Waals surface area contributed by atoms with E-state index in [0.717, 1.165) is 6.07 Å². The number of phenolic OH excluding ortho intramolecular Hbond substituents is 2. The number of hydrogen-bond acceptors (Lipinski definition) is 3. The maximum absolute atomic E-state index is 10.5. The van der Waals surface area contributed by atoms with Crippen molar-refractivity contribution in [3.05, 3.63) is 22.7 Å². The summed E-state index contributed by atoms with van der Waals surface area (Å²) in [6.07, 6.45) is -0.0752. The Morgan fingerprint density at radius 2 is 1.85 bits per heavy atom. The maximum atomic E-state index is 10.5. The summed E-state index contributed by atoms with van der Waals surface area (Å²) in [7, 11) is 0. The molecule has 1 aromatic carbocycles. The van der Waals surface area contributed by atoms with Gasteiger partial charge in [0.15, 0.2) is 11.5 Å². The number of carbonyl (C=O) groups excluding carboxylic acids is 1. The van der Waals surface area contributed by atoms with Crippen molar-refractivity contribution < 1.29 is 15.0 Å². The Kier molecular flexibility index (Phi) is 3.01. The first-order valence-corrected chi connectivity index (χ1v) is 4.15. The van der Waals surface area contributed by atoms with Crippen LogP contribution in [0.5, 0.6) is 11.5 Å². The van der Waals surface area contributed by atoms with Crippen molar-refractivity contribution in [1.29, 1.82) is 0 Å². The Labute approximate surface area is 84.5 Å². The first kappa shape index (κ1) is 10.2. The number of benzene rings is 1. The molecule has 0 saturated carbocycles. The highest BCUT2D eigenvalue weighted by atomic mass is 35.5. The molecule has 0 aliphatic heterocycles. The van der Waals surface area contributed by atoms with E-state index in [2.05, 4.69) is 0 Å². The monoisotopic (exact) mass is 220 g/mol. The second kappa shape index (κ2) is 3.85. The fourth-order valence-corrected chi connectivity index (χ4v) is 1.25. The van der Waals surface area contributed by atoms with Crippen molar-refractivity contribution in [1.82, 2.24) is 0 Å². The molecule has 5 heteroatoms. The van der Waals surface area contributed by atoms with E-state index in [-0.39, 0.29) is 22.9 Å². The number of hydrogen-bond donors (Lipinski definition) is 2. The fourth-order valence-electron chi connectivity index (χ4n) is 0.880. The standard InChI is InChI=1S/C8H6Cl2O3/c9-5-3-7(12)6(11)1-4(5)2-8(10)13/h1,3,11-12H,2H2. The van der Waals surface area contributed by atoms with Crippen LogP contribution in [0.15, 0.2) is 12.1 Å². The molecule has 2 N–H and O–H groups in total. The third-order valence-electron chi connectivity index (χ3n) is 1.47. The third-order valence-corrected chi connectivity index (χ3v) is 1.96. The van der Waals surface area contributed by atoms with E-state index in [1.165, 1.54) is 6.07 Å². The van der Waals surface area contributed by atoms with Crippen molar-refractivity contribution in [3.63, 3.8) is 0 Å². The number of carbonyl (C=O) groups is 1. The summed E-state index contributed by atoms with van der Waals surface area (Å²) in [6.45, 7) is 0. The lowest BCUT2D eigenvalue weighted by molar-refractivity contribution is -0.111. The molecule has 0 fully saturated rings. The van der Waals surface area contributed by atoms with Gasteiger partial charge in [-0.15, -0.1) is 0 Å². The SMILES string of the molecule is O=C(Cl)Cc1cc(O)c(O)cc1Cl. The highest BCUT2D eigenvalue weighted by molar-refractivity contribution is 6.63. The van der Waals surface area contributed by atoms with Gasteiger partial charge in [-0.2, -0.15) is 0 Å². The highest BCUT2D eigenvalue weighted by Gasteiger charge is 2.09. The molecule has 0 amide bonds. The molecule has 0 bridgehead atoms. The van der Waals surface area contributed by atoms with Gasteiger partial charge in [-0.25, -0.2) is 0 Å². The number of phenols is 2. The molecule has 70 valence electrons. The predicted molar refractivity (Wildman–Crippen MR) is 49.3 cm³/mol. The fraction of sp³-hybridized carbons (Fsp3) is 0.125. The normalized spacial score (nSPS) is 10.0. The van der Waals surface area contributed by atoms with Crippen LogP contribution in [0.3, 0.4) is 0 Å². The predicted octanol–water partition coefficient (Wildman–Crippen LogP) is 2.06. The highest BCUT2D eigenvalue weighted by Crippen LogP contribution is 2.31. The molecule has 1 rings (SSSR count). The Morgan fingerprint density at radius 3 is 2.38 bits per heavy atom. The van der Waals surface area contributed by atoms with Crippen LogP contribution in [0.2, 0.25) is 5.02 Å². The van der Waals surface area contributed by atoms with E-state index < -0.39 is 5.24 Å². The summed E-state index contributed by atoms with van der Waals surface area (Å²) < 4.78 is 0. The van der Waals surface area contributed by atoms with Crippen LogP contribution >= 0.6 is 23.2 Å². The molecule has 0 saturated heterocycles. The third kappa shape index (κ3) is 2.50. The zero-order valence-corrected chi connectivity index (χ0v) is 7.93. The van der Waals surface area contributed by atoms with Crippen LogP contribution in [-0.4, -0.2) is 15.5 Å². The molecule has 13 heavy (non-hydrogen) atoms. The average Bonchev–Trinajstić information content (AvgIpc) is 1.99. The largest absolute Gasteiger partial charge is 0.504 e. The van der Waals surface area contributed by atoms with Crippen molar-refractivity contribution in [2.24, 2.45) is 0 Å². The smallest absolute Gasteiger partial charge is 0.226 e. The quantitative estimate of drug-likeness (QED) is 0.593. The van der Waals surface area contributed by atoms with Crippen molar-refractivity contribution in [3.8, 4) is 11.5 Å². The molecule has 1 aromatic rings. The second-order valence-corrected chi connectivity index (χ2v) is 3.29. The topological polar surface area (TPSA) is 57.5 Å². The van der Waals surface area contributed by atoms with Gasteiger partial charge in [-0.3, -0.25) is 4.79 Å². The zero-order valence-electron chi connectivity index (χ0n) is 6.42. The summed E-state index contributed by atoms with van der Waals surface area (Å²) in [5.41, 5.74) is 0.386. The minimum Gasteiger partial charge on any atom is -0.504 e. The molecule has 0 aromatic heterocycles. The summed E-state index contributed by atoms with van der Waals surface area (Å²) in [5, 5.41) is 17.7. The minimum atomic E-state index is -0.577. The van der Waals surface area contributed by atoms with Crippen LogP contribution < -0.4 is 0 Å². The van der Waals surface area contributed by atoms with Crippen molar-refractivity contribution >= 4 is 28.4 Å². The van der Waals surface area contributed by atoms with Crippen LogP contribution in [0.1, 0.15) is 5.56 Å². The van der Waals surface area contributed by atoms with Gasteiger partial charge in [0.25, 0.3) is 0 Å². The van der Waals surface area contributed by atoms with Crippen LogP contribution in [-0.2, 0) is 11.2 Å². The van der Waals surface area contributed by atoms with E-state index in [1.54, 1.807) is 0 Å². The van der Waals surface area contributed by atoms with Crippen LogP contribution in [0.25, 0.3) is 0 Å². The molecule has 0 spiro atoms. The maximum Gasteiger partial charge on any atom is 0.226 e. The van der Waals surface area contributed by atoms with Crippen molar-refractivity contribution in [2.75, 3.05) is 0 Å². The van der Waals surface area contributed by atoms with Gasteiger partial charge < -0.3 is 10.2 Å². The Bertz CT molecular complexity index is 349. The number of aromatic hydroxyl groups is 2. The van der Waals surface area contributed by atoms with Gasteiger partial charge >= 0.3 is 0 Å². The van der Waals surface area contributed by atoms with E-state index in [0.29, 0.717) is 5.56 Å². The van der Waals surface area contributed by atoms with Gasteiger partial charge in [0.05, 0.1) is 0 Å². The van der Waals surface area contributed by atoms with Gasteiger partial charge in [0, 0.05) is 17.5 Å².